The molecule has 4 rings (SSSR count). The topological polar surface area (TPSA) is 61.0 Å². The second-order valence-corrected chi connectivity index (χ2v) is 7.03. The van der Waals surface area contributed by atoms with Gasteiger partial charge in [0, 0.05) is 17.1 Å². The Morgan fingerprint density at radius 1 is 1.23 bits per heavy atom. The molecule has 3 aromatic rings. The first-order valence-corrected chi connectivity index (χ1v) is 9.30. The number of halogens is 1. The first kappa shape index (κ1) is 17.1. The number of rotatable bonds is 5. The highest BCUT2D eigenvalue weighted by Crippen LogP contribution is 2.29. The summed E-state index contributed by atoms with van der Waals surface area (Å²) in [5, 5.41) is 3.83. The molecule has 2 N–H and O–H groups in total. The number of carbonyl (C=O) groups is 1. The maximum atomic E-state index is 12.6. The van der Waals surface area contributed by atoms with Crippen molar-refractivity contribution in [2.45, 2.75) is 18.9 Å². The van der Waals surface area contributed by atoms with Gasteiger partial charge >= 0.3 is 0 Å². The molecule has 0 bridgehead atoms. The molecule has 1 unspecified atom stereocenters. The smallest absolute Gasteiger partial charge is 0.251 e. The Morgan fingerprint density at radius 3 is 2.85 bits per heavy atom. The van der Waals surface area contributed by atoms with Crippen LogP contribution in [0, 0.1) is 0 Å². The average Bonchev–Trinajstić information content (AvgIpc) is 3.34. The minimum absolute atomic E-state index is 0.0854. The highest BCUT2D eigenvalue weighted by Gasteiger charge is 2.25. The van der Waals surface area contributed by atoms with Crippen LogP contribution < -0.4 is 5.32 Å². The molecular formula is C20H21ClN4O. The molecule has 0 aliphatic carbocycles. The van der Waals surface area contributed by atoms with E-state index in [1.54, 1.807) is 12.4 Å². The Morgan fingerprint density at radius 2 is 2.04 bits per heavy atom. The van der Waals surface area contributed by atoms with Gasteiger partial charge in [-0.15, -0.1) is 0 Å². The lowest BCUT2D eigenvalue weighted by atomic mass is 10.0. The van der Waals surface area contributed by atoms with Gasteiger partial charge in [0.15, 0.2) is 0 Å². The van der Waals surface area contributed by atoms with Crippen LogP contribution in [0.25, 0.3) is 11.0 Å². The van der Waals surface area contributed by atoms with Crippen LogP contribution in [0.5, 0.6) is 0 Å². The summed E-state index contributed by atoms with van der Waals surface area (Å²) in [5.41, 5.74) is 3.41. The van der Waals surface area contributed by atoms with Crippen molar-refractivity contribution in [1.29, 1.82) is 0 Å². The maximum absolute atomic E-state index is 12.6. The van der Waals surface area contributed by atoms with E-state index >= 15 is 0 Å². The zero-order valence-electron chi connectivity index (χ0n) is 14.4. The number of amides is 1. The molecule has 1 saturated heterocycles. The fourth-order valence-electron chi connectivity index (χ4n) is 3.60. The molecule has 1 fully saturated rings. The van der Waals surface area contributed by atoms with Gasteiger partial charge in [-0.25, -0.2) is 4.98 Å². The fourth-order valence-corrected chi connectivity index (χ4v) is 3.86. The Labute approximate surface area is 157 Å². The van der Waals surface area contributed by atoms with Gasteiger partial charge in [-0.2, -0.15) is 0 Å². The molecule has 1 aliphatic heterocycles. The molecule has 0 saturated carbocycles. The summed E-state index contributed by atoms with van der Waals surface area (Å²) in [6.07, 6.45) is 4.00. The Bertz CT molecular complexity index is 917. The Balaban J connectivity index is 1.52. The molecule has 2 heterocycles. The van der Waals surface area contributed by atoms with E-state index in [-0.39, 0.29) is 11.9 Å². The number of likely N-dealkylation sites (tertiary alicyclic amines) is 1. The van der Waals surface area contributed by atoms with Gasteiger partial charge in [-0.3, -0.25) is 9.69 Å². The molecule has 1 atom stereocenters. The van der Waals surface area contributed by atoms with Gasteiger partial charge in [0.05, 0.1) is 23.4 Å². The van der Waals surface area contributed by atoms with Crippen molar-refractivity contribution in [2.24, 2.45) is 0 Å². The van der Waals surface area contributed by atoms with Crippen LogP contribution >= 0.6 is 11.6 Å². The van der Waals surface area contributed by atoms with E-state index in [1.807, 2.05) is 36.4 Å². The molecular weight excluding hydrogens is 348 g/mol. The predicted molar refractivity (Wildman–Crippen MR) is 103 cm³/mol. The van der Waals surface area contributed by atoms with Crippen molar-refractivity contribution < 1.29 is 4.79 Å². The van der Waals surface area contributed by atoms with Gasteiger partial charge in [0.25, 0.3) is 5.91 Å². The third-order valence-corrected chi connectivity index (χ3v) is 5.33. The first-order valence-electron chi connectivity index (χ1n) is 8.92. The normalized spacial score (nSPS) is 16.0. The van der Waals surface area contributed by atoms with Crippen molar-refractivity contribution >= 4 is 28.5 Å². The molecule has 1 amide bonds. The van der Waals surface area contributed by atoms with Crippen molar-refractivity contribution in [3.63, 3.8) is 0 Å². The number of benzene rings is 2. The van der Waals surface area contributed by atoms with E-state index < -0.39 is 0 Å². The number of aromatic nitrogens is 2. The van der Waals surface area contributed by atoms with Crippen LogP contribution in [0.4, 0.5) is 0 Å². The lowest BCUT2D eigenvalue weighted by Crippen LogP contribution is -2.37. The number of hydrogen-bond donors (Lipinski definition) is 2. The Hall–Kier alpha value is -2.37. The lowest BCUT2D eigenvalue weighted by Gasteiger charge is -2.29. The minimum Gasteiger partial charge on any atom is -0.350 e. The van der Waals surface area contributed by atoms with E-state index in [2.05, 4.69) is 20.2 Å². The zero-order chi connectivity index (χ0) is 17.9. The molecule has 1 aliphatic rings. The van der Waals surface area contributed by atoms with Crippen molar-refractivity contribution in [3.8, 4) is 0 Å². The van der Waals surface area contributed by atoms with Crippen molar-refractivity contribution in [3.05, 3.63) is 64.9 Å². The number of hydrogen-bond acceptors (Lipinski definition) is 3. The molecule has 5 nitrogen and oxygen atoms in total. The van der Waals surface area contributed by atoms with Gasteiger partial charge in [0.1, 0.15) is 0 Å². The second kappa shape index (κ2) is 7.48. The molecule has 6 heteroatoms. The van der Waals surface area contributed by atoms with E-state index in [9.17, 15) is 4.79 Å². The molecule has 134 valence electrons. The molecule has 0 spiro atoms. The quantitative estimate of drug-likeness (QED) is 0.720. The number of nitrogens with zero attached hydrogens (tertiary/aromatic N) is 2. The number of nitrogens with one attached hydrogen (secondary N) is 2. The van der Waals surface area contributed by atoms with E-state index in [1.165, 1.54) is 12.8 Å². The summed E-state index contributed by atoms with van der Waals surface area (Å²) in [6.45, 7) is 2.60. The minimum atomic E-state index is -0.0854. The van der Waals surface area contributed by atoms with E-state index in [4.69, 9.17) is 11.6 Å². The third-order valence-electron chi connectivity index (χ3n) is 4.98. The highest BCUT2D eigenvalue weighted by molar-refractivity contribution is 6.31. The van der Waals surface area contributed by atoms with Crippen LogP contribution in [0.2, 0.25) is 5.02 Å². The number of imidazole rings is 1. The molecule has 26 heavy (non-hydrogen) atoms. The third kappa shape index (κ3) is 3.45. The summed E-state index contributed by atoms with van der Waals surface area (Å²) in [7, 11) is 0. The monoisotopic (exact) mass is 368 g/mol. The van der Waals surface area contributed by atoms with Crippen LogP contribution in [-0.4, -0.2) is 40.4 Å². The summed E-state index contributed by atoms with van der Waals surface area (Å²) in [4.78, 5) is 22.3. The summed E-state index contributed by atoms with van der Waals surface area (Å²) in [5.74, 6) is -0.0854. The highest BCUT2D eigenvalue weighted by atomic mass is 35.5. The molecule has 2 aromatic carbocycles. The first-order chi connectivity index (χ1) is 12.7. The van der Waals surface area contributed by atoms with Gasteiger partial charge in [-0.05, 0) is 55.8 Å². The van der Waals surface area contributed by atoms with Crippen LogP contribution in [-0.2, 0) is 0 Å². The molecule has 0 radical (unpaired) electrons. The predicted octanol–water partition coefficient (Wildman–Crippen LogP) is 3.78. The molecule has 1 aromatic heterocycles. The Kier molecular flexibility index (Phi) is 4.91. The van der Waals surface area contributed by atoms with Gasteiger partial charge in [-0.1, -0.05) is 29.8 Å². The van der Waals surface area contributed by atoms with Crippen LogP contribution in [0.3, 0.4) is 0 Å². The number of aromatic amines is 1. The summed E-state index contributed by atoms with van der Waals surface area (Å²) < 4.78 is 0. The summed E-state index contributed by atoms with van der Waals surface area (Å²) in [6, 6.07) is 13.5. The fraction of sp³-hybridized carbons (Fsp3) is 0.300. The van der Waals surface area contributed by atoms with E-state index in [0.29, 0.717) is 12.1 Å². The van der Waals surface area contributed by atoms with E-state index in [0.717, 1.165) is 34.7 Å². The number of fused-ring (bicyclic) bond motifs is 1. The van der Waals surface area contributed by atoms with Crippen molar-refractivity contribution in [2.75, 3.05) is 19.6 Å². The van der Waals surface area contributed by atoms with Crippen molar-refractivity contribution in [1.82, 2.24) is 20.2 Å². The van der Waals surface area contributed by atoms with Crippen LogP contribution in [0.1, 0.15) is 34.8 Å². The summed E-state index contributed by atoms with van der Waals surface area (Å²) >= 11 is 6.43. The number of carbonyl (C=O) groups excluding carboxylic acids is 1. The zero-order valence-corrected chi connectivity index (χ0v) is 15.2. The SMILES string of the molecule is O=C(NCC(c1ccccc1Cl)N1CCCC1)c1ccc2nc[nH]c2c1. The maximum Gasteiger partial charge on any atom is 0.251 e. The second-order valence-electron chi connectivity index (χ2n) is 6.62. The van der Waals surface area contributed by atoms with Gasteiger partial charge < -0.3 is 10.3 Å². The van der Waals surface area contributed by atoms with Gasteiger partial charge in [0.2, 0.25) is 0 Å². The largest absolute Gasteiger partial charge is 0.350 e. The lowest BCUT2D eigenvalue weighted by molar-refractivity contribution is 0.0938. The average molecular weight is 369 g/mol. The number of H-pyrrole nitrogens is 1. The van der Waals surface area contributed by atoms with Crippen LogP contribution in [0.15, 0.2) is 48.8 Å². The standard InChI is InChI=1S/C20H21ClN4O/c21-16-6-2-1-5-15(16)19(25-9-3-4-10-25)12-22-20(26)14-7-8-17-18(11-14)24-13-23-17/h1-2,5-8,11,13,19H,3-4,9-10,12H2,(H,22,26)(H,23,24).